The lowest BCUT2D eigenvalue weighted by atomic mass is 9.95. The molecule has 5 atom stereocenters. The number of halogens is 3. The third-order valence-corrected chi connectivity index (χ3v) is 3.37. The highest BCUT2D eigenvalue weighted by molar-refractivity contribution is 6.30. The summed E-state index contributed by atoms with van der Waals surface area (Å²) in [4.78, 5) is 24.4. The van der Waals surface area contributed by atoms with Gasteiger partial charge in [0.2, 0.25) is 11.5 Å². The fourth-order valence-electron chi connectivity index (χ4n) is 2.20. The quantitative estimate of drug-likeness (QED) is 0.615. The number of aromatic amines is 1. The van der Waals surface area contributed by atoms with Crippen molar-refractivity contribution in [1.29, 1.82) is 0 Å². The van der Waals surface area contributed by atoms with Crippen molar-refractivity contribution in [2.45, 2.75) is 37.1 Å². The van der Waals surface area contributed by atoms with Crippen LogP contribution in [0.3, 0.4) is 0 Å². The van der Waals surface area contributed by atoms with Crippen molar-refractivity contribution in [2.24, 2.45) is 0 Å². The van der Waals surface area contributed by atoms with E-state index in [2.05, 4.69) is 0 Å². The SMILES string of the molecule is C[C@@H](O)[C@H]1O[C@@H](n2cc(F)c(=O)[nH]c2=O)C(F)(C#CCl)[C@H]1O. The number of hydrogen-bond acceptors (Lipinski definition) is 5. The van der Waals surface area contributed by atoms with Gasteiger partial charge in [0.15, 0.2) is 6.23 Å². The van der Waals surface area contributed by atoms with Crippen molar-refractivity contribution in [3.63, 3.8) is 0 Å². The van der Waals surface area contributed by atoms with Crippen LogP contribution in [0.5, 0.6) is 0 Å². The Morgan fingerprint density at radius 3 is 2.77 bits per heavy atom. The zero-order chi connectivity index (χ0) is 16.7. The fourth-order valence-corrected chi connectivity index (χ4v) is 2.34. The van der Waals surface area contributed by atoms with Gasteiger partial charge in [0, 0.05) is 5.38 Å². The van der Waals surface area contributed by atoms with Crippen LogP contribution in [0.15, 0.2) is 15.8 Å². The smallest absolute Gasteiger partial charge is 0.330 e. The first-order valence-electron chi connectivity index (χ1n) is 6.06. The van der Waals surface area contributed by atoms with Gasteiger partial charge in [-0.3, -0.25) is 14.3 Å². The van der Waals surface area contributed by atoms with Gasteiger partial charge in [-0.15, -0.1) is 0 Å². The summed E-state index contributed by atoms with van der Waals surface area (Å²) in [6.45, 7) is 1.22. The molecule has 1 fully saturated rings. The Balaban J connectivity index is 2.61. The average molecular weight is 337 g/mol. The molecule has 0 aliphatic carbocycles. The Labute approximate surface area is 127 Å². The first-order valence-corrected chi connectivity index (χ1v) is 6.44. The maximum atomic E-state index is 15.0. The third kappa shape index (κ3) is 2.55. The molecule has 1 aromatic heterocycles. The summed E-state index contributed by atoms with van der Waals surface area (Å²) in [5, 5.41) is 21.2. The first-order chi connectivity index (χ1) is 10.2. The summed E-state index contributed by atoms with van der Waals surface area (Å²) in [6.07, 6.45) is -6.18. The molecule has 0 spiro atoms. The summed E-state index contributed by atoms with van der Waals surface area (Å²) in [5.74, 6) is 0.492. The molecule has 1 saturated heterocycles. The summed E-state index contributed by atoms with van der Waals surface area (Å²) < 4.78 is 33.8. The Hall–Kier alpha value is -1.73. The van der Waals surface area contributed by atoms with E-state index >= 15 is 0 Å². The second-order valence-electron chi connectivity index (χ2n) is 4.77. The van der Waals surface area contributed by atoms with Crippen LogP contribution in [0.4, 0.5) is 8.78 Å². The second-order valence-corrected chi connectivity index (χ2v) is 4.96. The normalized spacial score (nSPS) is 32.4. The summed E-state index contributed by atoms with van der Waals surface area (Å²) in [5.41, 5.74) is -5.36. The third-order valence-electron chi connectivity index (χ3n) is 3.28. The van der Waals surface area contributed by atoms with Crippen molar-refractivity contribution in [3.8, 4) is 11.3 Å². The number of H-pyrrole nitrogens is 1. The van der Waals surface area contributed by atoms with Crippen LogP contribution in [0.2, 0.25) is 0 Å². The minimum atomic E-state index is -2.89. The Morgan fingerprint density at radius 1 is 1.59 bits per heavy atom. The predicted molar refractivity (Wildman–Crippen MR) is 70.3 cm³/mol. The largest absolute Gasteiger partial charge is 0.391 e. The number of alkyl halides is 1. The van der Waals surface area contributed by atoms with Crippen molar-refractivity contribution in [1.82, 2.24) is 9.55 Å². The molecule has 1 aliphatic heterocycles. The van der Waals surface area contributed by atoms with Crippen molar-refractivity contribution in [3.05, 3.63) is 32.9 Å². The van der Waals surface area contributed by atoms with Crippen LogP contribution in [-0.2, 0) is 4.74 Å². The van der Waals surface area contributed by atoms with Crippen LogP contribution < -0.4 is 11.2 Å². The maximum absolute atomic E-state index is 15.0. The van der Waals surface area contributed by atoms with E-state index in [4.69, 9.17) is 16.3 Å². The molecule has 2 rings (SSSR count). The summed E-state index contributed by atoms with van der Waals surface area (Å²) in [6, 6.07) is 0. The number of aromatic nitrogens is 2. The van der Waals surface area contributed by atoms with Crippen molar-refractivity contribution >= 4 is 11.6 Å². The lowest BCUT2D eigenvalue weighted by Gasteiger charge is -2.23. The van der Waals surface area contributed by atoms with Crippen LogP contribution in [0.25, 0.3) is 0 Å². The minimum Gasteiger partial charge on any atom is -0.391 e. The van der Waals surface area contributed by atoms with E-state index in [0.717, 1.165) is 0 Å². The lowest BCUT2D eigenvalue weighted by molar-refractivity contribution is -0.0805. The maximum Gasteiger partial charge on any atom is 0.330 e. The number of aliphatic hydroxyl groups is 2. The highest BCUT2D eigenvalue weighted by atomic mass is 35.5. The van der Waals surface area contributed by atoms with Gasteiger partial charge in [-0.05, 0) is 24.4 Å². The first kappa shape index (κ1) is 16.6. The van der Waals surface area contributed by atoms with Crippen LogP contribution in [-0.4, -0.2) is 43.7 Å². The molecule has 22 heavy (non-hydrogen) atoms. The summed E-state index contributed by atoms with van der Waals surface area (Å²) >= 11 is 5.16. The van der Waals surface area contributed by atoms with E-state index in [0.29, 0.717) is 10.8 Å². The molecule has 0 saturated carbocycles. The van der Waals surface area contributed by atoms with E-state index in [1.165, 1.54) is 6.92 Å². The molecule has 7 nitrogen and oxygen atoms in total. The van der Waals surface area contributed by atoms with Gasteiger partial charge in [-0.2, -0.15) is 4.39 Å². The van der Waals surface area contributed by atoms with Gasteiger partial charge < -0.3 is 14.9 Å². The second kappa shape index (κ2) is 5.81. The van der Waals surface area contributed by atoms with E-state index in [9.17, 15) is 28.6 Å². The van der Waals surface area contributed by atoms with Gasteiger partial charge >= 0.3 is 5.69 Å². The molecule has 1 aromatic rings. The van der Waals surface area contributed by atoms with E-state index < -0.39 is 47.3 Å². The fraction of sp³-hybridized carbons (Fsp3) is 0.500. The number of ether oxygens (including phenoxy) is 1. The number of aliphatic hydroxyl groups excluding tert-OH is 2. The van der Waals surface area contributed by atoms with E-state index in [-0.39, 0.29) is 0 Å². The molecule has 1 aliphatic rings. The standard InChI is InChI=1S/C12H11ClF2N2O5/c1-5(18)7-8(19)12(15,2-3-13)10(22-7)17-4-6(14)9(20)16-11(17)21/h4-5,7-8,10,18-19H,1H3,(H,16,20,21)/t5-,7-,8+,10-,12?/m1/s1. The molecule has 0 aromatic carbocycles. The number of nitrogens with one attached hydrogen (secondary N) is 1. The van der Waals surface area contributed by atoms with Gasteiger partial charge in [0.1, 0.15) is 12.2 Å². The molecule has 1 unspecified atom stereocenters. The number of nitrogens with zero attached hydrogens (tertiary/aromatic N) is 1. The molecule has 0 bridgehead atoms. The Morgan fingerprint density at radius 2 is 2.23 bits per heavy atom. The molecular weight excluding hydrogens is 326 g/mol. The van der Waals surface area contributed by atoms with Crippen LogP contribution in [0.1, 0.15) is 13.2 Å². The topological polar surface area (TPSA) is 105 Å². The van der Waals surface area contributed by atoms with Gasteiger partial charge in [0.05, 0.1) is 12.3 Å². The highest BCUT2D eigenvalue weighted by Crippen LogP contribution is 2.41. The molecule has 0 amide bonds. The van der Waals surface area contributed by atoms with Gasteiger partial charge in [-0.25, -0.2) is 9.18 Å². The number of rotatable bonds is 2. The Kier molecular flexibility index (Phi) is 4.39. The zero-order valence-corrected chi connectivity index (χ0v) is 11.8. The average Bonchev–Trinajstić information content (AvgIpc) is 2.68. The summed E-state index contributed by atoms with van der Waals surface area (Å²) in [7, 11) is 0. The monoisotopic (exact) mass is 336 g/mol. The molecule has 120 valence electrons. The molecule has 3 N–H and O–H groups in total. The van der Waals surface area contributed by atoms with Gasteiger partial charge in [-0.1, -0.05) is 0 Å². The van der Waals surface area contributed by atoms with Crippen molar-refractivity contribution < 1.29 is 23.7 Å². The van der Waals surface area contributed by atoms with Crippen LogP contribution in [0, 0.1) is 17.1 Å². The Bertz CT molecular complexity index is 752. The predicted octanol–water partition coefficient (Wildman–Crippen LogP) is -0.777. The zero-order valence-electron chi connectivity index (χ0n) is 11.1. The van der Waals surface area contributed by atoms with Crippen LogP contribution >= 0.6 is 11.6 Å². The highest BCUT2D eigenvalue weighted by Gasteiger charge is 2.59. The lowest BCUT2D eigenvalue weighted by Crippen LogP contribution is -2.46. The molecule has 0 radical (unpaired) electrons. The minimum absolute atomic E-state index is 0.392. The number of hydrogen-bond donors (Lipinski definition) is 3. The van der Waals surface area contributed by atoms with Gasteiger partial charge in [0.25, 0.3) is 5.56 Å². The van der Waals surface area contributed by atoms with Crippen molar-refractivity contribution in [2.75, 3.05) is 0 Å². The molecular formula is C12H11ClF2N2O5. The molecule has 2 heterocycles. The van der Waals surface area contributed by atoms with E-state index in [1.54, 1.807) is 10.4 Å². The molecule has 10 heteroatoms. The van der Waals surface area contributed by atoms with E-state index in [1.807, 2.05) is 5.92 Å².